The Morgan fingerprint density at radius 2 is 1.95 bits per heavy atom. The molecule has 0 aliphatic heterocycles. The average Bonchev–Trinajstić information content (AvgIpc) is 2.41. The summed E-state index contributed by atoms with van der Waals surface area (Å²) in [5, 5.41) is 3.58. The van der Waals surface area contributed by atoms with E-state index in [4.69, 9.17) is 14.3 Å². The molecule has 0 saturated carbocycles. The van der Waals surface area contributed by atoms with Gasteiger partial charge in [-0.05, 0) is 26.0 Å². The van der Waals surface area contributed by atoms with Gasteiger partial charge in [-0.15, -0.1) is 0 Å². The van der Waals surface area contributed by atoms with Crippen molar-refractivity contribution in [1.29, 1.82) is 0 Å². The van der Waals surface area contributed by atoms with Gasteiger partial charge in [-0.25, -0.2) is 0 Å². The van der Waals surface area contributed by atoms with Crippen LogP contribution in [-0.4, -0.2) is 32.3 Å². The predicted octanol–water partition coefficient (Wildman–Crippen LogP) is 4.22. The minimum Gasteiger partial charge on any atom is -0.393 e. The van der Waals surface area contributed by atoms with E-state index in [2.05, 4.69) is 21.1 Å². The minimum atomic E-state index is -4.47. The lowest BCUT2D eigenvalue weighted by Gasteiger charge is -2.22. The average molecular weight is 384 g/mol. The monoisotopic (exact) mass is 383 g/mol. The standard InChI is InChI=1S/C14H17BrF3NO3/c1-13(2,21-9-20-3)8-22-19-7-10-4-5-11(15)6-12(10)14(16,17)18/h4-7H,8-9H2,1-3H3/b19-7+. The number of rotatable bonds is 7. The van der Waals surface area contributed by atoms with E-state index in [0.717, 1.165) is 12.3 Å². The second kappa shape index (κ2) is 7.94. The first kappa shape index (κ1) is 18.9. The lowest BCUT2D eigenvalue weighted by molar-refractivity contribution is -0.141. The van der Waals surface area contributed by atoms with Crippen molar-refractivity contribution in [2.24, 2.45) is 5.16 Å². The number of methoxy groups -OCH3 is 1. The van der Waals surface area contributed by atoms with E-state index in [0.29, 0.717) is 4.47 Å². The smallest absolute Gasteiger partial charge is 0.393 e. The van der Waals surface area contributed by atoms with Gasteiger partial charge in [0.2, 0.25) is 0 Å². The maximum absolute atomic E-state index is 12.9. The largest absolute Gasteiger partial charge is 0.417 e. The first-order valence-corrected chi connectivity index (χ1v) is 7.10. The van der Waals surface area contributed by atoms with Gasteiger partial charge in [0.25, 0.3) is 0 Å². The van der Waals surface area contributed by atoms with Crippen LogP contribution in [0.1, 0.15) is 25.0 Å². The Hall–Kier alpha value is -1.12. The summed E-state index contributed by atoms with van der Waals surface area (Å²) in [6.07, 6.45) is -3.44. The molecule has 4 nitrogen and oxygen atoms in total. The fraction of sp³-hybridized carbons (Fsp3) is 0.500. The molecule has 1 aromatic carbocycles. The molecule has 0 N–H and O–H groups in total. The highest BCUT2D eigenvalue weighted by molar-refractivity contribution is 9.10. The molecule has 8 heteroatoms. The summed E-state index contributed by atoms with van der Waals surface area (Å²) in [6, 6.07) is 3.81. The summed E-state index contributed by atoms with van der Waals surface area (Å²) in [7, 11) is 1.49. The van der Waals surface area contributed by atoms with E-state index in [9.17, 15) is 13.2 Å². The van der Waals surface area contributed by atoms with E-state index >= 15 is 0 Å². The molecule has 0 aliphatic carbocycles. The van der Waals surface area contributed by atoms with Crippen molar-refractivity contribution in [3.8, 4) is 0 Å². The quantitative estimate of drug-likeness (QED) is 0.402. The van der Waals surface area contributed by atoms with Crippen LogP contribution in [0, 0.1) is 0 Å². The third-order valence-electron chi connectivity index (χ3n) is 2.57. The van der Waals surface area contributed by atoms with Crippen LogP contribution >= 0.6 is 15.9 Å². The number of benzene rings is 1. The number of oxime groups is 1. The molecular weight excluding hydrogens is 367 g/mol. The van der Waals surface area contributed by atoms with Crippen molar-refractivity contribution in [1.82, 2.24) is 0 Å². The van der Waals surface area contributed by atoms with Crippen LogP contribution in [0.25, 0.3) is 0 Å². The van der Waals surface area contributed by atoms with Crippen molar-refractivity contribution >= 4 is 22.1 Å². The zero-order valence-corrected chi connectivity index (χ0v) is 14.0. The summed E-state index contributed by atoms with van der Waals surface area (Å²) in [4.78, 5) is 5.01. The van der Waals surface area contributed by atoms with Crippen molar-refractivity contribution in [3.63, 3.8) is 0 Å². The van der Waals surface area contributed by atoms with E-state index in [1.807, 2.05) is 0 Å². The lowest BCUT2D eigenvalue weighted by Crippen LogP contribution is -2.30. The Morgan fingerprint density at radius 3 is 2.55 bits per heavy atom. The summed E-state index contributed by atoms with van der Waals surface area (Å²) < 4.78 is 49.2. The molecule has 0 bridgehead atoms. The zero-order chi connectivity index (χ0) is 16.8. The number of nitrogens with zero attached hydrogens (tertiary/aromatic N) is 1. The molecule has 1 aromatic rings. The topological polar surface area (TPSA) is 40.0 Å². The third kappa shape index (κ3) is 6.33. The summed E-state index contributed by atoms with van der Waals surface area (Å²) in [6.45, 7) is 3.67. The second-order valence-corrected chi connectivity index (χ2v) is 5.96. The summed E-state index contributed by atoms with van der Waals surface area (Å²) in [5.41, 5.74) is -1.53. The molecule has 0 aliphatic rings. The molecule has 1 rings (SSSR count). The van der Waals surface area contributed by atoms with Gasteiger partial charge in [0, 0.05) is 17.1 Å². The molecule has 0 fully saturated rings. The van der Waals surface area contributed by atoms with Crippen molar-refractivity contribution < 1.29 is 27.5 Å². The highest BCUT2D eigenvalue weighted by atomic mass is 79.9. The zero-order valence-electron chi connectivity index (χ0n) is 12.4. The van der Waals surface area contributed by atoms with E-state index < -0.39 is 17.3 Å². The second-order valence-electron chi connectivity index (χ2n) is 5.05. The molecule has 0 spiro atoms. The van der Waals surface area contributed by atoms with Gasteiger partial charge in [-0.1, -0.05) is 27.2 Å². The minimum absolute atomic E-state index is 0.0741. The lowest BCUT2D eigenvalue weighted by atomic mass is 10.1. The van der Waals surface area contributed by atoms with Gasteiger partial charge < -0.3 is 14.3 Å². The van der Waals surface area contributed by atoms with Crippen LogP contribution < -0.4 is 0 Å². The molecule has 22 heavy (non-hydrogen) atoms. The van der Waals surface area contributed by atoms with Crippen LogP contribution in [0.2, 0.25) is 0 Å². The third-order valence-corrected chi connectivity index (χ3v) is 3.06. The van der Waals surface area contributed by atoms with E-state index in [1.54, 1.807) is 13.8 Å². The summed E-state index contributed by atoms with van der Waals surface area (Å²) in [5.74, 6) is 0. The fourth-order valence-electron chi connectivity index (χ4n) is 1.43. The van der Waals surface area contributed by atoms with Crippen LogP contribution in [0.4, 0.5) is 13.2 Å². The molecule has 0 saturated heterocycles. The molecule has 0 radical (unpaired) electrons. The fourth-order valence-corrected chi connectivity index (χ4v) is 1.79. The number of hydrogen-bond donors (Lipinski definition) is 0. The predicted molar refractivity (Wildman–Crippen MR) is 79.7 cm³/mol. The molecule has 0 atom stereocenters. The Kier molecular flexibility index (Phi) is 6.83. The van der Waals surface area contributed by atoms with Gasteiger partial charge in [-0.3, -0.25) is 0 Å². The van der Waals surface area contributed by atoms with Gasteiger partial charge >= 0.3 is 6.18 Å². The first-order chi connectivity index (χ1) is 10.2. The molecule has 0 unspecified atom stereocenters. The molecule has 0 amide bonds. The van der Waals surface area contributed by atoms with Crippen molar-refractivity contribution in [3.05, 3.63) is 33.8 Å². The number of hydrogen-bond acceptors (Lipinski definition) is 4. The highest BCUT2D eigenvalue weighted by Crippen LogP contribution is 2.33. The van der Waals surface area contributed by atoms with Gasteiger partial charge in [0.15, 0.2) is 0 Å². The Balaban J connectivity index is 2.71. The van der Waals surface area contributed by atoms with E-state index in [-0.39, 0.29) is 19.0 Å². The van der Waals surface area contributed by atoms with Crippen LogP contribution in [0.5, 0.6) is 0 Å². The van der Waals surface area contributed by atoms with Gasteiger partial charge in [0.1, 0.15) is 19.0 Å². The van der Waals surface area contributed by atoms with E-state index in [1.165, 1.54) is 19.2 Å². The van der Waals surface area contributed by atoms with Crippen LogP contribution in [-0.2, 0) is 20.5 Å². The maximum atomic E-state index is 12.9. The van der Waals surface area contributed by atoms with Crippen LogP contribution in [0.3, 0.4) is 0 Å². The summed E-state index contributed by atoms with van der Waals surface area (Å²) >= 11 is 3.02. The normalized spacial score (nSPS) is 12.9. The number of ether oxygens (including phenoxy) is 2. The molecular formula is C14H17BrF3NO3. The van der Waals surface area contributed by atoms with Crippen molar-refractivity contribution in [2.75, 3.05) is 20.5 Å². The van der Waals surface area contributed by atoms with Crippen LogP contribution in [0.15, 0.2) is 27.8 Å². The maximum Gasteiger partial charge on any atom is 0.417 e. The molecule has 0 aromatic heterocycles. The van der Waals surface area contributed by atoms with Gasteiger partial charge in [0.05, 0.1) is 11.8 Å². The molecule has 0 heterocycles. The highest BCUT2D eigenvalue weighted by Gasteiger charge is 2.33. The molecule has 124 valence electrons. The number of alkyl halides is 3. The Bertz CT molecular complexity index is 519. The Labute approximate surface area is 135 Å². The van der Waals surface area contributed by atoms with Crippen molar-refractivity contribution in [2.45, 2.75) is 25.6 Å². The SMILES string of the molecule is COCOC(C)(C)CO/N=C/c1ccc(Br)cc1C(F)(F)F. The number of halogens is 4. The van der Waals surface area contributed by atoms with Gasteiger partial charge in [-0.2, -0.15) is 13.2 Å². The Morgan fingerprint density at radius 1 is 1.27 bits per heavy atom. The first-order valence-electron chi connectivity index (χ1n) is 6.31.